The van der Waals surface area contributed by atoms with E-state index in [-0.39, 0.29) is 29.5 Å². The van der Waals surface area contributed by atoms with Gasteiger partial charge in [-0.3, -0.25) is 13.9 Å². The molecule has 42 heavy (non-hydrogen) atoms. The molecule has 0 heterocycles. The number of nitrogens with one attached hydrogen (secondary N) is 1. The molecule has 0 radical (unpaired) electrons. The summed E-state index contributed by atoms with van der Waals surface area (Å²) < 4.78 is 29.2. The van der Waals surface area contributed by atoms with Crippen LogP contribution in [0.4, 0.5) is 5.69 Å². The first-order valence-corrected chi connectivity index (χ1v) is 15.5. The van der Waals surface area contributed by atoms with E-state index in [0.29, 0.717) is 17.1 Å². The van der Waals surface area contributed by atoms with Crippen molar-refractivity contribution in [3.63, 3.8) is 0 Å². The number of nitrogens with zero attached hydrogens (tertiary/aromatic N) is 2. The van der Waals surface area contributed by atoms with Gasteiger partial charge in [0.25, 0.3) is 10.0 Å². The molecule has 0 aliphatic heterocycles. The van der Waals surface area contributed by atoms with Crippen LogP contribution in [0.3, 0.4) is 0 Å². The third-order valence-corrected chi connectivity index (χ3v) is 9.12. The fraction of sp³-hybridized carbons (Fsp3) is 0.212. The molecule has 4 aromatic rings. The van der Waals surface area contributed by atoms with Crippen molar-refractivity contribution in [2.24, 2.45) is 0 Å². The second-order valence-electron chi connectivity index (χ2n) is 9.82. The number of hydrogen-bond acceptors (Lipinski definition) is 4. The Morgan fingerprint density at radius 3 is 1.98 bits per heavy atom. The van der Waals surface area contributed by atoms with Gasteiger partial charge in [0.05, 0.1) is 10.6 Å². The van der Waals surface area contributed by atoms with Crippen LogP contribution < -0.4 is 9.62 Å². The zero-order valence-electron chi connectivity index (χ0n) is 23.6. The molecular weight excluding hydrogens is 570 g/mol. The molecule has 1 N–H and O–H groups in total. The summed E-state index contributed by atoms with van der Waals surface area (Å²) in [6.45, 7) is 3.49. The van der Waals surface area contributed by atoms with Crippen molar-refractivity contribution in [3.05, 3.63) is 131 Å². The quantitative estimate of drug-likeness (QED) is 0.228. The Hall–Kier alpha value is -4.14. The zero-order valence-corrected chi connectivity index (χ0v) is 25.2. The van der Waals surface area contributed by atoms with E-state index >= 15 is 0 Å². The predicted molar refractivity (Wildman–Crippen MR) is 167 cm³/mol. The first-order chi connectivity index (χ1) is 20.2. The van der Waals surface area contributed by atoms with Crippen molar-refractivity contribution in [1.29, 1.82) is 0 Å². The number of amides is 2. The van der Waals surface area contributed by atoms with E-state index in [1.54, 1.807) is 43.3 Å². The molecule has 0 fully saturated rings. The Balaban J connectivity index is 1.81. The fourth-order valence-electron chi connectivity index (χ4n) is 4.73. The topological polar surface area (TPSA) is 86.8 Å². The fourth-order valence-corrected chi connectivity index (χ4v) is 6.39. The van der Waals surface area contributed by atoms with Crippen LogP contribution in [0, 0.1) is 6.92 Å². The highest BCUT2D eigenvalue weighted by atomic mass is 35.5. The van der Waals surface area contributed by atoms with Crippen LogP contribution in [0.2, 0.25) is 5.02 Å². The highest BCUT2D eigenvalue weighted by Crippen LogP contribution is 2.31. The normalized spacial score (nSPS) is 11.9. The maximum atomic E-state index is 14.4. The number of sulfonamides is 1. The van der Waals surface area contributed by atoms with Crippen LogP contribution in [0.15, 0.2) is 114 Å². The highest BCUT2D eigenvalue weighted by Gasteiger charge is 2.35. The third-order valence-electron chi connectivity index (χ3n) is 6.94. The van der Waals surface area contributed by atoms with Gasteiger partial charge in [0.15, 0.2) is 0 Å². The molecule has 9 heteroatoms. The molecule has 7 nitrogen and oxygen atoms in total. The molecule has 4 rings (SSSR count). The molecule has 0 bridgehead atoms. The number of rotatable bonds is 12. The van der Waals surface area contributed by atoms with E-state index in [9.17, 15) is 18.0 Å². The molecule has 1 atom stereocenters. The molecule has 0 spiro atoms. The number of carbonyl (C=O) groups is 2. The Morgan fingerprint density at radius 1 is 0.810 bits per heavy atom. The lowest BCUT2D eigenvalue weighted by Crippen LogP contribution is -2.53. The summed E-state index contributed by atoms with van der Waals surface area (Å²) in [5, 5.41) is 3.24. The van der Waals surface area contributed by atoms with E-state index in [1.807, 2.05) is 67.6 Å². The van der Waals surface area contributed by atoms with Crippen molar-refractivity contribution in [2.45, 2.75) is 37.8 Å². The average molecular weight is 604 g/mol. The number of benzene rings is 4. The summed E-state index contributed by atoms with van der Waals surface area (Å²) in [6, 6.07) is 30.8. The Kier molecular flexibility index (Phi) is 10.4. The van der Waals surface area contributed by atoms with Crippen LogP contribution in [0.5, 0.6) is 0 Å². The Bertz CT molecular complexity index is 1600. The van der Waals surface area contributed by atoms with Gasteiger partial charge >= 0.3 is 0 Å². The second kappa shape index (κ2) is 14.2. The minimum atomic E-state index is -4.18. The van der Waals surface area contributed by atoms with Crippen LogP contribution in [-0.2, 0) is 32.6 Å². The summed E-state index contributed by atoms with van der Waals surface area (Å²) in [5.74, 6) is -0.841. The van der Waals surface area contributed by atoms with E-state index < -0.39 is 28.5 Å². The first-order valence-electron chi connectivity index (χ1n) is 13.7. The maximum Gasteiger partial charge on any atom is 0.264 e. The maximum absolute atomic E-state index is 14.4. The molecule has 0 aromatic heterocycles. The first kappa shape index (κ1) is 30.8. The molecule has 2 amide bonds. The summed E-state index contributed by atoms with van der Waals surface area (Å²) in [4.78, 5) is 29.4. The summed E-state index contributed by atoms with van der Waals surface area (Å²) in [7, 11) is -4.18. The molecule has 1 unspecified atom stereocenters. The standard InChI is InChI=1S/C33H34ClN3O4S/c1-3-35-33(39)31(22-26-14-7-4-8-15-26)36(23-27-16-9-5-10-17-27)32(38)24-37(30-21-13-20-29(34)25(30)2)42(40,41)28-18-11-6-12-19-28/h4-21,31H,3,22-24H2,1-2H3,(H,35,39). The van der Waals surface area contributed by atoms with E-state index in [1.165, 1.54) is 17.0 Å². The molecule has 218 valence electrons. The van der Waals surface area contributed by atoms with Gasteiger partial charge in [0.2, 0.25) is 11.8 Å². The minimum absolute atomic E-state index is 0.0383. The third kappa shape index (κ3) is 7.38. The van der Waals surface area contributed by atoms with Crippen molar-refractivity contribution in [1.82, 2.24) is 10.2 Å². The monoisotopic (exact) mass is 603 g/mol. The summed E-state index contributed by atoms with van der Waals surface area (Å²) in [6.07, 6.45) is 0.257. The van der Waals surface area contributed by atoms with Crippen LogP contribution >= 0.6 is 11.6 Å². The van der Waals surface area contributed by atoms with Gasteiger partial charge in [-0.05, 0) is 54.8 Å². The van der Waals surface area contributed by atoms with Gasteiger partial charge in [0, 0.05) is 24.5 Å². The predicted octanol–water partition coefficient (Wildman–Crippen LogP) is 5.62. The van der Waals surface area contributed by atoms with Gasteiger partial charge in [-0.25, -0.2) is 8.42 Å². The summed E-state index contributed by atoms with van der Waals surface area (Å²) >= 11 is 6.41. The van der Waals surface area contributed by atoms with E-state index in [2.05, 4.69) is 5.32 Å². The van der Waals surface area contributed by atoms with Crippen molar-refractivity contribution < 1.29 is 18.0 Å². The van der Waals surface area contributed by atoms with Crippen LogP contribution in [0.1, 0.15) is 23.6 Å². The number of hydrogen-bond donors (Lipinski definition) is 1. The molecule has 0 aliphatic carbocycles. The van der Waals surface area contributed by atoms with Gasteiger partial charge in [-0.15, -0.1) is 0 Å². The molecule has 0 saturated carbocycles. The largest absolute Gasteiger partial charge is 0.355 e. The molecule has 0 saturated heterocycles. The van der Waals surface area contributed by atoms with Crippen molar-refractivity contribution >= 4 is 39.1 Å². The second-order valence-corrected chi connectivity index (χ2v) is 12.1. The summed E-state index contributed by atoms with van der Waals surface area (Å²) in [5.41, 5.74) is 2.49. The Labute approximate surface area is 252 Å². The average Bonchev–Trinajstić information content (AvgIpc) is 3.00. The highest BCUT2D eigenvalue weighted by molar-refractivity contribution is 7.92. The number of carbonyl (C=O) groups excluding carboxylic acids is 2. The van der Waals surface area contributed by atoms with Gasteiger partial charge in [0.1, 0.15) is 12.6 Å². The van der Waals surface area contributed by atoms with Gasteiger partial charge < -0.3 is 10.2 Å². The number of halogens is 1. The number of likely N-dealkylation sites (N-methyl/N-ethyl adjacent to an activating group) is 1. The zero-order chi connectivity index (χ0) is 30.1. The van der Waals surface area contributed by atoms with E-state index in [0.717, 1.165) is 15.4 Å². The minimum Gasteiger partial charge on any atom is -0.355 e. The molecule has 4 aromatic carbocycles. The van der Waals surface area contributed by atoms with Crippen LogP contribution in [-0.4, -0.2) is 44.3 Å². The van der Waals surface area contributed by atoms with Crippen LogP contribution in [0.25, 0.3) is 0 Å². The van der Waals surface area contributed by atoms with Crippen molar-refractivity contribution in [3.8, 4) is 0 Å². The SMILES string of the molecule is CCNC(=O)C(Cc1ccccc1)N(Cc1ccccc1)C(=O)CN(c1cccc(Cl)c1C)S(=O)(=O)c1ccccc1. The molecule has 0 aliphatic rings. The smallest absolute Gasteiger partial charge is 0.264 e. The lowest BCUT2D eigenvalue weighted by Gasteiger charge is -2.34. The van der Waals surface area contributed by atoms with E-state index in [4.69, 9.17) is 11.6 Å². The van der Waals surface area contributed by atoms with Gasteiger partial charge in [-0.1, -0.05) is 96.5 Å². The lowest BCUT2D eigenvalue weighted by atomic mass is 10.0. The number of anilines is 1. The van der Waals surface area contributed by atoms with Gasteiger partial charge in [-0.2, -0.15) is 0 Å². The molecular formula is C33H34ClN3O4S. The Morgan fingerprint density at radius 2 is 1.38 bits per heavy atom. The lowest BCUT2D eigenvalue weighted by molar-refractivity contribution is -0.140. The van der Waals surface area contributed by atoms with Crippen molar-refractivity contribution in [2.75, 3.05) is 17.4 Å².